The number of rotatable bonds is 0. The van der Waals surface area contributed by atoms with Crippen LogP contribution in [-0.2, 0) is 4.74 Å². The van der Waals surface area contributed by atoms with Gasteiger partial charge in [0.05, 0.1) is 11.7 Å². The molecular weight excluding hydrogens is 150 g/mol. The predicted molar refractivity (Wildman–Crippen MR) is 49.2 cm³/mol. The number of piperidine rings is 1. The lowest BCUT2D eigenvalue weighted by molar-refractivity contribution is -0.142. The molecule has 2 fully saturated rings. The van der Waals surface area contributed by atoms with Gasteiger partial charge in [0.15, 0.2) is 0 Å². The summed E-state index contributed by atoms with van der Waals surface area (Å²) in [6.45, 7) is 6.73. The predicted octanol–water partition coefficient (Wildman–Crippen LogP) is 1.55. The Kier molecular flexibility index (Phi) is 2.13. The Morgan fingerprint density at radius 3 is 3.00 bits per heavy atom. The van der Waals surface area contributed by atoms with Gasteiger partial charge in [-0.15, -0.1) is 0 Å². The van der Waals surface area contributed by atoms with Crippen LogP contribution in [0, 0.1) is 5.92 Å². The maximum absolute atomic E-state index is 6.04. The standard InChI is InChI=1S/C10H19NO/c1-10(2)5-3-8-7-11-6-4-9(8)12-10/h8-9,11H,3-7H2,1-2H3/t8-,9-/m0/s1. The molecule has 0 unspecified atom stereocenters. The first-order valence-corrected chi connectivity index (χ1v) is 5.06. The first-order valence-electron chi connectivity index (χ1n) is 5.06. The van der Waals surface area contributed by atoms with Gasteiger partial charge >= 0.3 is 0 Å². The van der Waals surface area contributed by atoms with Crippen molar-refractivity contribution in [3.05, 3.63) is 0 Å². The molecule has 0 spiro atoms. The molecule has 2 saturated heterocycles. The summed E-state index contributed by atoms with van der Waals surface area (Å²) in [5, 5.41) is 3.43. The summed E-state index contributed by atoms with van der Waals surface area (Å²) in [6.07, 6.45) is 4.30. The molecule has 2 heteroatoms. The van der Waals surface area contributed by atoms with Crippen LogP contribution in [0.1, 0.15) is 33.1 Å². The highest BCUT2D eigenvalue weighted by Crippen LogP contribution is 2.34. The van der Waals surface area contributed by atoms with E-state index in [1.807, 2.05) is 0 Å². The fourth-order valence-corrected chi connectivity index (χ4v) is 2.34. The van der Waals surface area contributed by atoms with E-state index in [1.165, 1.54) is 25.8 Å². The second kappa shape index (κ2) is 3.00. The lowest BCUT2D eigenvalue weighted by Crippen LogP contribution is -2.49. The molecule has 0 aliphatic carbocycles. The van der Waals surface area contributed by atoms with Gasteiger partial charge in [-0.2, -0.15) is 0 Å². The molecule has 0 saturated carbocycles. The molecule has 2 atom stereocenters. The highest BCUT2D eigenvalue weighted by molar-refractivity contribution is 4.87. The van der Waals surface area contributed by atoms with Crippen LogP contribution in [0.4, 0.5) is 0 Å². The first kappa shape index (κ1) is 8.52. The average Bonchev–Trinajstić information content (AvgIpc) is 2.02. The van der Waals surface area contributed by atoms with Crippen molar-refractivity contribution < 1.29 is 4.74 Å². The van der Waals surface area contributed by atoms with Gasteiger partial charge in [0.25, 0.3) is 0 Å². The van der Waals surface area contributed by atoms with E-state index >= 15 is 0 Å². The highest BCUT2D eigenvalue weighted by Gasteiger charge is 2.36. The molecule has 0 radical (unpaired) electrons. The Morgan fingerprint density at radius 2 is 2.17 bits per heavy atom. The van der Waals surface area contributed by atoms with Crippen LogP contribution in [0.5, 0.6) is 0 Å². The summed E-state index contributed by atoms with van der Waals surface area (Å²) in [6, 6.07) is 0. The van der Waals surface area contributed by atoms with Gasteiger partial charge in [-0.05, 0) is 45.6 Å². The van der Waals surface area contributed by atoms with Gasteiger partial charge in [0.1, 0.15) is 0 Å². The second-order valence-electron chi connectivity index (χ2n) is 4.71. The number of ether oxygens (including phenoxy) is 1. The first-order chi connectivity index (χ1) is 5.67. The van der Waals surface area contributed by atoms with E-state index in [-0.39, 0.29) is 5.60 Å². The van der Waals surface area contributed by atoms with E-state index in [1.54, 1.807) is 0 Å². The zero-order chi connectivity index (χ0) is 8.60. The average molecular weight is 169 g/mol. The van der Waals surface area contributed by atoms with Crippen molar-refractivity contribution in [1.82, 2.24) is 5.32 Å². The van der Waals surface area contributed by atoms with Crippen molar-refractivity contribution >= 4 is 0 Å². The smallest absolute Gasteiger partial charge is 0.0634 e. The fourth-order valence-electron chi connectivity index (χ4n) is 2.34. The molecule has 1 N–H and O–H groups in total. The van der Waals surface area contributed by atoms with Crippen LogP contribution in [-0.4, -0.2) is 24.8 Å². The molecule has 2 aliphatic heterocycles. The molecule has 0 aromatic heterocycles. The Morgan fingerprint density at radius 1 is 1.33 bits per heavy atom. The summed E-state index contributed by atoms with van der Waals surface area (Å²) in [4.78, 5) is 0. The zero-order valence-corrected chi connectivity index (χ0v) is 8.10. The number of hydrogen-bond donors (Lipinski definition) is 1. The van der Waals surface area contributed by atoms with Crippen LogP contribution < -0.4 is 5.32 Å². The van der Waals surface area contributed by atoms with Crippen LogP contribution in [0.25, 0.3) is 0 Å². The molecule has 0 aromatic carbocycles. The van der Waals surface area contributed by atoms with Gasteiger partial charge in [0, 0.05) is 6.54 Å². The Hall–Kier alpha value is -0.0800. The van der Waals surface area contributed by atoms with Gasteiger partial charge < -0.3 is 10.1 Å². The lowest BCUT2D eigenvalue weighted by Gasteiger charge is -2.43. The van der Waals surface area contributed by atoms with Gasteiger partial charge in [-0.1, -0.05) is 0 Å². The van der Waals surface area contributed by atoms with Crippen LogP contribution in [0.15, 0.2) is 0 Å². The van der Waals surface area contributed by atoms with E-state index in [0.29, 0.717) is 6.10 Å². The molecule has 70 valence electrons. The third kappa shape index (κ3) is 1.64. The van der Waals surface area contributed by atoms with E-state index in [9.17, 15) is 0 Å². The number of fused-ring (bicyclic) bond motifs is 1. The van der Waals surface area contributed by atoms with Crippen LogP contribution >= 0.6 is 0 Å². The minimum Gasteiger partial charge on any atom is -0.372 e. The summed E-state index contributed by atoms with van der Waals surface area (Å²) in [5.41, 5.74) is 0.137. The number of nitrogens with one attached hydrogen (secondary N) is 1. The summed E-state index contributed by atoms with van der Waals surface area (Å²) < 4.78 is 6.04. The van der Waals surface area contributed by atoms with Gasteiger partial charge in [-0.3, -0.25) is 0 Å². The monoisotopic (exact) mass is 169 g/mol. The zero-order valence-electron chi connectivity index (χ0n) is 8.10. The van der Waals surface area contributed by atoms with E-state index < -0.39 is 0 Å². The molecule has 12 heavy (non-hydrogen) atoms. The van der Waals surface area contributed by atoms with Crippen molar-refractivity contribution in [2.75, 3.05) is 13.1 Å². The van der Waals surface area contributed by atoms with E-state index in [0.717, 1.165) is 12.5 Å². The highest BCUT2D eigenvalue weighted by atomic mass is 16.5. The Labute approximate surface area is 74.7 Å². The maximum atomic E-state index is 6.04. The van der Waals surface area contributed by atoms with Crippen LogP contribution in [0.3, 0.4) is 0 Å². The molecule has 2 aliphatic rings. The quantitative estimate of drug-likeness (QED) is 0.594. The van der Waals surface area contributed by atoms with E-state index in [4.69, 9.17) is 4.74 Å². The minimum atomic E-state index is 0.137. The molecule has 0 aromatic rings. The third-order valence-corrected chi connectivity index (χ3v) is 3.13. The summed E-state index contributed by atoms with van der Waals surface area (Å²) >= 11 is 0. The lowest BCUT2D eigenvalue weighted by atomic mass is 9.84. The number of hydrogen-bond acceptors (Lipinski definition) is 2. The van der Waals surface area contributed by atoms with E-state index in [2.05, 4.69) is 19.2 Å². The third-order valence-electron chi connectivity index (χ3n) is 3.13. The van der Waals surface area contributed by atoms with Crippen molar-refractivity contribution in [2.24, 2.45) is 5.92 Å². The maximum Gasteiger partial charge on any atom is 0.0634 e. The topological polar surface area (TPSA) is 21.3 Å². The fraction of sp³-hybridized carbons (Fsp3) is 1.00. The molecule has 0 bridgehead atoms. The molecular formula is C10H19NO. The van der Waals surface area contributed by atoms with Crippen molar-refractivity contribution in [3.8, 4) is 0 Å². The Bertz CT molecular complexity index is 167. The molecule has 2 heterocycles. The Balaban J connectivity index is 1.99. The summed E-state index contributed by atoms with van der Waals surface area (Å²) in [7, 11) is 0. The SMILES string of the molecule is CC1(C)CC[C@H]2CNCC[C@@H]2O1. The second-order valence-corrected chi connectivity index (χ2v) is 4.71. The van der Waals surface area contributed by atoms with Crippen molar-refractivity contribution in [2.45, 2.75) is 44.8 Å². The van der Waals surface area contributed by atoms with Gasteiger partial charge in [0.2, 0.25) is 0 Å². The summed E-state index contributed by atoms with van der Waals surface area (Å²) in [5.74, 6) is 0.784. The normalized spacial score (nSPS) is 40.5. The minimum absolute atomic E-state index is 0.137. The van der Waals surface area contributed by atoms with Crippen molar-refractivity contribution in [1.29, 1.82) is 0 Å². The van der Waals surface area contributed by atoms with Crippen molar-refractivity contribution in [3.63, 3.8) is 0 Å². The largest absolute Gasteiger partial charge is 0.372 e. The van der Waals surface area contributed by atoms with Crippen LogP contribution in [0.2, 0.25) is 0 Å². The molecule has 2 rings (SSSR count). The molecule has 2 nitrogen and oxygen atoms in total. The molecule has 0 amide bonds. The van der Waals surface area contributed by atoms with Gasteiger partial charge in [-0.25, -0.2) is 0 Å².